The number of para-hydroxylation sites is 1. The van der Waals surface area contributed by atoms with Gasteiger partial charge in [0, 0.05) is 17.6 Å². The number of pyridine rings is 1. The first kappa shape index (κ1) is 18.7. The summed E-state index contributed by atoms with van der Waals surface area (Å²) in [6.07, 6.45) is -0.941. The van der Waals surface area contributed by atoms with E-state index in [2.05, 4.69) is 10.3 Å². The van der Waals surface area contributed by atoms with Crippen LogP contribution in [-0.4, -0.2) is 29.8 Å². The smallest absolute Gasteiger partial charge is 0.339 e. The first-order valence-corrected chi connectivity index (χ1v) is 9.25. The fraction of sp³-hybridized carbons (Fsp3) is 0.227. The lowest BCUT2D eigenvalue weighted by Gasteiger charge is -2.15. The molecule has 1 amide bonds. The zero-order chi connectivity index (χ0) is 20.4. The maximum absolute atomic E-state index is 12.7. The van der Waals surface area contributed by atoms with E-state index in [1.807, 2.05) is 43.3 Å². The van der Waals surface area contributed by atoms with Gasteiger partial charge in [-0.15, -0.1) is 0 Å². The summed E-state index contributed by atoms with van der Waals surface area (Å²) in [5.74, 6) is 0.391. The Morgan fingerprint density at radius 2 is 1.93 bits per heavy atom. The predicted octanol–water partition coefficient (Wildman–Crippen LogP) is 3.13. The minimum Gasteiger partial charge on any atom is -0.454 e. The Morgan fingerprint density at radius 1 is 1.14 bits per heavy atom. The lowest BCUT2D eigenvalue weighted by molar-refractivity contribution is -0.129. The van der Waals surface area contributed by atoms with Gasteiger partial charge in [0.25, 0.3) is 5.91 Å². The molecule has 0 aliphatic carbocycles. The molecular formula is C22H20N2O5. The lowest BCUT2D eigenvalue weighted by atomic mass is 10.1. The highest BCUT2D eigenvalue weighted by Gasteiger charge is 2.21. The molecule has 1 atom stereocenters. The lowest BCUT2D eigenvalue weighted by Crippen LogP contribution is -2.35. The van der Waals surface area contributed by atoms with Crippen molar-refractivity contribution in [3.05, 3.63) is 65.4 Å². The molecule has 0 saturated carbocycles. The molecule has 0 spiro atoms. The summed E-state index contributed by atoms with van der Waals surface area (Å²) in [6, 6.07) is 14.4. The van der Waals surface area contributed by atoms with Gasteiger partial charge >= 0.3 is 5.97 Å². The van der Waals surface area contributed by atoms with Crippen molar-refractivity contribution >= 4 is 22.8 Å². The molecule has 0 fully saturated rings. The molecule has 4 rings (SSSR count). The number of aryl methyl sites for hydroxylation is 1. The van der Waals surface area contributed by atoms with Gasteiger partial charge in [-0.3, -0.25) is 9.78 Å². The number of carbonyl (C=O) groups excluding carboxylic acids is 2. The largest absolute Gasteiger partial charge is 0.454 e. The zero-order valence-corrected chi connectivity index (χ0v) is 16.1. The third-order valence-electron chi connectivity index (χ3n) is 4.62. The monoisotopic (exact) mass is 392 g/mol. The summed E-state index contributed by atoms with van der Waals surface area (Å²) in [6.45, 7) is 3.84. The van der Waals surface area contributed by atoms with Gasteiger partial charge in [0.2, 0.25) is 6.79 Å². The van der Waals surface area contributed by atoms with Crippen LogP contribution in [-0.2, 0) is 16.1 Å². The maximum atomic E-state index is 12.7. The van der Waals surface area contributed by atoms with Crippen LogP contribution >= 0.6 is 0 Å². The highest BCUT2D eigenvalue weighted by molar-refractivity contribution is 6.04. The second-order valence-electron chi connectivity index (χ2n) is 6.78. The number of nitrogens with zero attached hydrogens (tertiary/aromatic N) is 1. The van der Waals surface area contributed by atoms with Crippen molar-refractivity contribution in [2.45, 2.75) is 26.5 Å². The summed E-state index contributed by atoms with van der Waals surface area (Å²) in [7, 11) is 0. The predicted molar refractivity (Wildman–Crippen MR) is 106 cm³/mol. The van der Waals surface area contributed by atoms with Gasteiger partial charge in [-0.25, -0.2) is 4.79 Å². The minimum atomic E-state index is -0.941. The molecule has 1 aromatic heterocycles. The third kappa shape index (κ3) is 3.99. The third-order valence-corrected chi connectivity index (χ3v) is 4.62. The number of benzene rings is 2. The van der Waals surface area contributed by atoms with Gasteiger partial charge in [-0.1, -0.05) is 24.3 Å². The number of nitrogens with one attached hydrogen (secondary N) is 1. The van der Waals surface area contributed by atoms with Crippen molar-refractivity contribution < 1.29 is 23.8 Å². The van der Waals surface area contributed by atoms with Gasteiger partial charge in [0.15, 0.2) is 17.6 Å². The van der Waals surface area contributed by atoms with Gasteiger partial charge in [-0.2, -0.15) is 0 Å². The number of rotatable bonds is 5. The summed E-state index contributed by atoms with van der Waals surface area (Å²) in [4.78, 5) is 29.5. The Kier molecular flexibility index (Phi) is 5.03. The van der Waals surface area contributed by atoms with E-state index in [4.69, 9.17) is 14.2 Å². The first-order chi connectivity index (χ1) is 14.0. The first-order valence-electron chi connectivity index (χ1n) is 9.25. The van der Waals surface area contributed by atoms with E-state index in [0.29, 0.717) is 33.7 Å². The zero-order valence-electron chi connectivity index (χ0n) is 16.1. The molecule has 7 nitrogen and oxygen atoms in total. The van der Waals surface area contributed by atoms with Crippen LogP contribution in [0.1, 0.15) is 28.5 Å². The SMILES string of the molecule is Cc1cc(C(=O)OC(C)C(=O)NCc2ccc3c(c2)OCO3)c2ccccc2n1. The Labute approximate surface area is 167 Å². The Bertz CT molecular complexity index is 1100. The number of esters is 1. The van der Waals surface area contributed by atoms with Crippen molar-refractivity contribution in [3.8, 4) is 11.5 Å². The summed E-state index contributed by atoms with van der Waals surface area (Å²) < 4.78 is 16.0. The van der Waals surface area contributed by atoms with Crippen molar-refractivity contribution in [2.75, 3.05) is 6.79 Å². The van der Waals surface area contributed by atoms with Crippen LogP contribution in [0, 0.1) is 6.92 Å². The van der Waals surface area contributed by atoms with Crippen LogP contribution < -0.4 is 14.8 Å². The number of fused-ring (bicyclic) bond motifs is 2. The molecule has 2 heterocycles. The summed E-state index contributed by atoms with van der Waals surface area (Å²) >= 11 is 0. The Morgan fingerprint density at radius 3 is 2.79 bits per heavy atom. The standard InChI is InChI=1S/C22H20N2O5/c1-13-9-17(16-5-3-4-6-18(16)24-13)22(26)29-14(2)21(25)23-11-15-7-8-19-20(10-15)28-12-27-19/h3-10,14H,11-12H2,1-2H3,(H,23,25). The van der Waals surface area contributed by atoms with E-state index in [1.165, 1.54) is 0 Å². The quantitative estimate of drug-likeness (QED) is 0.672. The number of hydrogen-bond donors (Lipinski definition) is 1. The summed E-state index contributed by atoms with van der Waals surface area (Å²) in [5, 5.41) is 3.46. The highest BCUT2D eigenvalue weighted by Crippen LogP contribution is 2.32. The molecule has 1 aliphatic rings. The molecule has 3 aromatic rings. The van der Waals surface area contributed by atoms with Gasteiger partial charge < -0.3 is 19.5 Å². The normalized spacial score (nSPS) is 13.2. The average Bonchev–Trinajstić information content (AvgIpc) is 3.19. The maximum Gasteiger partial charge on any atom is 0.339 e. The molecule has 1 unspecified atom stereocenters. The van der Waals surface area contributed by atoms with E-state index < -0.39 is 12.1 Å². The van der Waals surface area contributed by atoms with Crippen molar-refractivity contribution in [2.24, 2.45) is 0 Å². The Balaban J connectivity index is 1.40. The van der Waals surface area contributed by atoms with Crippen LogP contribution in [0.2, 0.25) is 0 Å². The number of aromatic nitrogens is 1. The van der Waals surface area contributed by atoms with E-state index in [1.54, 1.807) is 19.1 Å². The second-order valence-corrected chi connectivity index (χ2v) is 6.78. The molecule has 1 N–H and O–H groups in total. The van der Waals surface area contributed by atoms with E-state index >= 15 is 0 Å². The van der Waals surface area contributed by atoms with Gasteiger partial charge in [0.05, 0.1) is 11.1 Å². The van der Waals surface area contributed by atoms with Crippen molar-refractivity contribution in [1.82, 2.24) is 10.3 Å². The van der Waals surface area contributed by atoms with Crippen LogP contribution in [0.4, 0.5) is 0 Å². The number of amides is 1. The van der Waals surface area contributed by atoms with Gasteiger partial charge in [0.1, 0.15) is 0 Å². The molecule has 148 valence electrons. The minimum absolute atomic E-state index is 0.196. The average molecular weight is 392 g/mol. The van der Waals surface area contributed by atoms with E-state index in [0.717, 1.165) is 5.56 Å². The number of ether oxygens (including phenoxy) is 3. The molecule has 0 radical (unpaired) electrons. The fourth-order valence-electron chi connectivity index (χ4n) is 3.14. The number of hydrogen-bond acceptors (Lipinski definition) is 6. The second kappa shape index (κ2) is 7.79. The highest BCUT2D eigenvalue weighted by atomic mass is 16.7. The number of carbonyl (C=O) groups is 2. The van der Waals surface area contributed by atoms with Crippen LogP contribution in [0.3, 0.4) is 0 Å². The van der Waals surface area contributed by atoms with Crippen molar-refractivity contribution in [3.63, 3.8) is 0 Å². The summed E-state index contributed by atoms with van der Waals surface area (Å²) in [5.41, 5.74) is 2.66. The Hall–Kier alpha value is -3.61. The van der Waals surface area contributed by atoms with Crippen LogP contribution in [0.5, 0.6) is 11.5 Å². The molecule has 0 bridgehead atoms. The molecular weight excluding hydrogens is 372 g/mol. The molecule has 29 heavy (non-hydrogen) atoms. The van der Waals surface area contributed by atoms with Crippen LogP contribution in [0.15, 0.2) is 48.5 Å². The molecule has 1 aliphatic heterocycles. The molecule has 2 aromatic carbocycles. The fourth-order valence-corrected chi connectivity index (χ4v) is 3.14. The van der Waals surface area contributed by atoms with Gasteiger partial charge in [-0.05, 0) is 43.7 Å². The van der Waals surface area contributed by atoms with E-state index in [-0.39, 0.29) is 19.2 Å². The van der Waals surface area contributed by atoms with Crippen LogP contribution in [0.25, 0.3) is 10.9 Å². The molecule has 0 saturated heterocycles. The van der Waals surface area contributed by atoms with E-state index in [9.17, 15) is 9.59 Å². The molecule has 7 heteroatoms. The topological polar surface area (TPSA) is 86.8 Å². The van der Waals surface area contributed by atoms with Crippen molar-refractivity contribution in [1.29, 1.82) is 0 Å².